The normalized spacial score (nSPS) is 21.5. The number of benzene rings is 1. The summed E-state index contributed by atoms with van der Waals surface area (Å²) in [4.78, 5) is 24.7. The average molecular weight is 306 g/mol. The molecule has 0 spiro atoms. The molecule has 120 valence electrons. The van der Waals surface area contributed by atoms with Gasteiger partial charge in [-0.3, -0.25) is 0 Å². The highest BCUT2D eigenvalue weighted by Crippen LogP contribution is 2.19. The first-order chi connectivity index (χ1) is 10.5. The van der Waals surface area contributed by atoms with Crippen LogP contribution in [0.5, 0.6) is 0 Å². The van der Waals surface area contributed by atoms with Gasteiger partial charge in [0, 0.05) is 26.7 Å². The van der Waals surface area contributed by atoms with Crippen LogP contribution in [0.3, 0.4) is 0 Å². The minimum absolute atomic E-state index is 0.0781. The Balaban J connectivity index is 1.86. The Bertz CT molecular complexity index is 529. The van der Waals surface area contributed by atoms with E-state index in [1.165, 1.54) is 12.1 Å². The number of ether oxygens (including phenoxy) is 1. The number of carboxylic acids is 1. The van der Waals surface area contributed by atoms with Gasteiger partial charge in [0.15, 0.2) is 0 Å². The molecule has 1 heterocycles. The van der Waals surface area contributed by atoms with Gasteiger partial charge in [0.05, 0.1) is 11.7 Å². The van der Waals surface area contributed by atoms with Crippen molar-refractivity contribution in [1.82, 2.24) is 10.2 Å². The first kappa shape index (κ1) is 16.3. The van der Waals surface area contributed by atoms with E-state index in [4.69, 9.17) is 9.84 Å². The minimum Gasteiger partial charge on any atom is -0.478 e. The van der Waals surface area contributed by atoms with Crippen LogP contribution < -0.4 is 5.32 Å². The summed E-state index contributed by atoms with van der Waals surface area (Å²) in [5.74, 6) is -0.499. The number of methoxy groups -OCH3 is 1. The predicted octanol–water partition coefficient (Wildman–Crippen LogP) is 1.95. The highest BCUT2D eigenvalue weighted by molar-refractivity contribution is 5.87. The summed E-state index contributed by atoms with van der Waals surface area (Å²) < 4.78 is 5.40. The SMILES string of the molecule is COC1CN(C(=O)NCc2ccc(C(=O)O)cc2)CCC1C. The number of carbonyl (C=O) groups excluding carboxylic acids is 1. The molecule has 1 fully saturated rings. The van der Waals surface area contributed by atoms with Crippen molar-refractivity contribution in [2.45, 2.75) is 26.0 Å². The lowest BCUT2D eigenvalue weighted by atomic mass is 9.96. The summed E-state index contributed by atoms with van der Waals surface area (Å²) in [6.45, 7) is 3.84. The van der Waals surface area contributed by atoms with E-state index < -0.39 is 5.97 Å². The summed E-state index contributed by atoms with van der Waals surface area (Å²) in [5, 5.41) is 11.7. The molecule has 2 N–H and O–H groups in total. The fraction of sp³-hybridized carbons (Fsp3) is 0.500. The first-order valence-electron chi connectivity index (χ1n) is 7.39. The highest BCUT2D eigenvalue weighted by atomic mass is 16.5. The van der Waals surface area contributed by atoms with Crippen LogP contribution >= 0.6 is 0 Å². The lowest BCUT2D eigenvalue weighted by Gasteiger charge is -2.36. The maximum Gasteiger partial charge on any atom is 0.335 e. The number of carboxylic acid groups (broad SMARTS) is 1. The number of nitrogens with zero attached hydrogens (tertiary/aromatic N) is 1. The molecule has 1 aromatic rings. The molecule has 2 atom stereocenters. The maximum atomic E-state index is 12.2. The van der Waals surface area contributed by atoms with Gasteiger partial charge in [-0.25, -0.2) is 9.59 Å². The number of likely N-dealkylation sites (tertiary alicyclic amines) is 1. The van der Waals surface area contributed by atoms with E-state index in [0.29, 0.717) is 19.0 Å². The molecule has 1 aliphatic rings. The topological polar surface area (TPSA) is 78.9 Å². The molecule has 1 aromatic carbocycles. The van der Waals surface area contributed by atoms with Crippen molar-refractivity contribution in [3.63, 3.8) is 0 Å². The zero-order valence-electron chi connectivity index (χ0n) is 12.9. The predicted molar refractivity (Wildman–Crippen MR) is 81.8 cm³/mol. The smallest absolute Gasteiger partial charge is 0.335 e. The maximum absolute atomic E-state index is 12.2. The molecule has 6 heteroatoms. The van der Waals surface area contributed by atoms with Gasteiger partial charge < -0.3 is 20.1 Å². The Morgan fingerprint density at radius 2 is 2.05 bits per heavy atom. The monoisotopic (exact) mass is 306 g/mol. The summed E-state index contributed by atoms with van der Waals surface area (Å²) >= 11 is 0. The molecule has 0 radical (unpaired) electrons. The van der Waals surface area contributed by atoms with Gasteiger partial charge in [-0.1, -0.05) is 19.1 Å². The second-order valence-corrected chi connectivity index (χ2v) is 5.65. The fourth-order valence-electron chi connectivity index (χ4n) is 2.58. The molecule has 1 aliphatic heterocycles. The van der Waals surface area contributed by atoms with Crippen molar-refractivity contribution < 1.29 is 19.4 Å². The molecule has 6 nitrogen and oxygen atoms in total. The number of rotatable bonds is 4. The molecule has 0 aromatic heterocycles. The van der Waals surface area contributed by atoms with Gasteiger partial charge in [0.2, 0.25) is 0 Å². The molecule has 22 heavy (non-hydrogen) atoms. The van der Waals surface area contributed by atoms with Crippen LogP contribution in [0.2, 0.25) is 0 Å². The number of hydrogen-bond acceptors (Lipinski definition) is 3. The van der Waals surface area contributed by atoms with Gasteiger partial charge in [-0.2, -0.15) is 0 Å². The van der Waals surface area contributed by atoms with E-state index in [0.717, 1.165) is 18.5 Å². The molecule has 0 bridgehead atoms. The highest BCUT2D eigenvalue weighted by Gasteiger charge is 2.28. The molecule has 0 aliphatic carbocycles. The van der Waals surface area contributed by atoms with Gasteiger partial charge in [-0.05, 0) is 30.0 Å². The number of urea groups is 1. The summed E-state index contributed by atoms with van der Waals surface area (Å²) in [7, 11) is 1.67. The fourth-order valence-corrected chi connectivity index (χ4v) is 2.58. The molecule has 1 saturated heterocycles. The number of carbonyl (C=O) groups is 2. The third-order valence-corrected chi connectivity index (χ3v) is 4.12. The number of amides is 2. The Morgan fingerprint density at radius 1 is 1.36 bits per heavy atom. The van der Waals surface area contributed by atoms with Crippen molar-refractivity contribution in [2.24, 2.45) is 5.92 Å². The van der Waals surface area contributed by atoms with Crippen molar-refractivity contribution in [2.75, 3.05) is 20.2 Å². The van der Waals surface area contributed by atoms with Gasteiger partial charge in [0.25, 0.3) is 0 Å². The lowest BCUT2D eigenvalue weighted by molar-refractivity contribution is 0.00714. The number of hydrogen-bond donors (Lipinski definition) is 2. The molecule has 0 saturated carbocycles. The lowest BCUT2D eigenvalue weighted by Crippen LogP contribution is -2.50. The Labute approximate surface area is 130 Å². The van der Waals surface area contributed by atoms with Crippen molar-refractivity contribution in [3.05, 3.63) is 35.4 Å². The van der Waals surface area contributed by atoms with Crippen LogP contribution in [-0.2, 0) is 11.3 Å². The van der Waals surface area contributed by atoms with E-state index in [1.807, 2.05) is 0 Å². The van der Waals surface area contributed by atoms with E-state index in [1.54, 1.807) is 24.1 Å². The number of piperidine rings is 1. The van der Waals surface area contributed by atoms with Crippen LogP contribution in [0.1, 0.15) is 29.3 Å². The molecule has 2 unspecified atom stereocenters. The van der Waals surface area contributed by atoms with Crippen LogP contribution in [-0.4, -0.2) is 48.3 Å². The average Bonchev–Trinajstić information content (AvgIpc) is 2.53. The summed E-state index contributed by atoms with van der Waals surface area (Å²) in [5.41, 5.74) is 1.11. The van der Waals surface area contributed by atoms with Crippen LogP contribution in [0.4, 0.5) is 4.79 Å². The Morgan fingerprint density at radius 3 is 2.64 bits per heavy atom. The second kappa shape index (κ2) is 7.26. The van der Waals surface area contributed by atoms with Gasteiger partial charge >= 0.3 is 12.0 Å². The Kier molecular flexibility index (Phi) is 5.38. The standard InChI is InChI=1S/C16H22N2O4/c1-11-7-8-18(10-14(11)22-2)16(21)17-9-12-3-5-13(6-4-12)15(19)20/h3-6,11,14H,7-10H2,1-2H3,(H,17,21)(H,19,20). The van der Waals surface area contributed by atoms with E-state index in [9.17, 15) is 9.59 Å². The van der Waals surface area contributed by atoms with Crippen molar-refractivity contribution in [1.29, 1.82) is 0 Å². The van der Waals surface area contributed by atoms with E-state index in [2.05, 4.69) is 12.2 Å². The third-order valence-electron chi connectivity index (χ3n) is 4.12. The van der Waals surface area contributed by atoms with Crippen LogP contribution in [0.25, 0.3) is 0 Å². The van der Waals surface area contributed by atoms with E-state index >= 15 is 0 Å². The van der Waals surface area contributed by atoms with Crippen LogP contribution in [0, 0.1) is 5.92 Å². The molecular weight excluding hydrogens is 284 g/mol. The largest absolute Gasteiger partial charge is 0.478 e. The molecular formula is C16H22N2O4. The first-order valence-corrected chi connectivity index (χ1v) is 7.39. The Hall–Kier alpha value is -2.08. The van der Waals surface area contributed by atoms with E-state index in [-0.39, 0.29) is 17.7 Å². The van der Waals surface area contributed by atoms with Crippen molar-refractivity contribution in [3.8, 4) is 0 Å². The zero-order valence-corrected chi connectivity index (χ0v) is 12.9. The molecule has 2 rings (SSSR count). The minimum atomic E-state index is -0.955. The summed E-state index contributed by atoms with van der Waals surface area (Å²) in [6, 6.07) is 6.37. The molecule has 2 amide bonds. The van der Waals surface area contributed by atoms with Gasteiger partial charge in [-0.15, -0.1) is 0 Å². The van der Waals surface area contributed by atoms with Gasteiger partial charge in [0.1, 0.15) is 0 Å². The zero-order chi connectivity index (χ0) is 16.1. The quantitative estimate of drug-likeness (QED) is 0.891. The second-order valence-electron chi connectivity index (χ2n) is 5.65. The van der Waals surface area contributed by atoms with Crippen molar-refractivity contribution >= 4 is 12.0 Å². The number of nitrogens with one attached hydrogen (secondary N) is 1. The third kappa shape index (κ3) is 3.98. The van der Waals surface area contributed by atoms with Crippen LogP contribution in [0.15, 0.2) is 24.3 Å². The number of aromatic carboxylic acids is 1. The summed E-state index contributed by atoms with van der Waals surface area (Å²) in [6.07, 6.45) is 1.01.